The van der Waals surface area contributed by atoms with Gasteiger partial charge in [-0.15, -0.1) is 10.2 Å². The van der Waals surface area contributed by atoms with Crippen LogP contribution in [0.2, 0.25) is 5.02 Å². The SMILES string of the molecule is Clc1ccccc1OCCSc1nnc(-c2c[nH]c3ccccc23)n1C1CC1. The lowest BCUT2D eigenvalue weighted by atomic mass is 10.1. The van der Waals surface area contributed by atoms with E-state index >= 15 is 0 Å². The third-order valence-electron chi connectivity index (χ3n) is 4.82. The van der Waals surface area contributed by atoms with Crippen LogP contribution in [0.25, 0.3) is 22.3 Å². The van der Waals surface area contributed by atoms with Gasteiger partial charge in [0.15, 0.2) is 11.0 Å². The fraction of sp³-hybridized carbons (Fsp3) is 0.238. The van der Waals surface area contributed by atoms with Crippen LogP contribution in [0.15, 0.2) is 59.9 Å². The van der Waals surface area contributed by atoms with E-state index in [2.05, 4.69) is 37.9 Å². The minimum Gasteiger partial charge on any atom is -0.491 e. The highest BCUT2D eigenvalue weighted by molar-refractivity contribution is 7.99. The summed E-state index contributed by atoms with van der Waals surface area (Å²) in [5.74, 6) is 2.44. The minimum absolute atomic E-state index is 0.491. The number of ether oxygens (including phenoxy) is 1. The quantitative estimate of drug-likeness (QED) is 0.319. The maximum absolute atomic E-state index is 6.14. The van der Waals surface area contributed by atoms with Crippen LogP contribution < -0.4 is 4.74 Å². The molecule has 1 N–H and O–H groups in total. The van der Waals surface area contributed by atoms with Crippen LogP contribution in [0, 0.1) is 0 Å². The van der Waals surface area contributed by atoms with E-state index in [1.165, 1.54) is 18.2 Å². The summed E-state index contributed by atoms with van der Waals surface area (Å²) >= 11 is 7.82. The number of rotatable bonds is 7. The molecule has 0 saturated heterocycles. The van der Waals surface area contributed by atoms with Gasteiger partial charge >= 0.3 is 0 Å². The molecule has 1 aliphatic rings. The molecular formula is C21H19ClN4OS. The van der Waals surface area contributed by atoms with E-state index in [-0.39, 0.29) is 0 Å². The Labute approximate surface area is 172 Å². The van der Waals surface area contributed by atoms with Crippen molar-refractivity contribution in [3.05, 3.63) is 59.8 Å². The molecule has 5 rings (SSSR count). The van der Waals surface area contributed by atoms with E-state index < -0.39 is 0 Å². The maximum Gasteiger partial charge on any atom is 0.191 e. The first-order valence-electron chi connectivity index (χ1n) is 9.33. The highest BCUT2D eigenvalue weighted by atomic mass is 35.5. The van der Waals surface area contributed by atoms with Gasteiger partial charge in [0.25, 0.3) is 0 Å². The highest BCUT2D eigenvalue weighted by Crippen LogP contribution is 2.42. The lowest BCUT2D eigenvalue weighted by molar-refractivity contribution is 0.344. The molecule has 0 bridgehead atoms. The van der Waals surface area contributed by atoms with Gasteiger partial charge in [-0.25, -0.2) is 0 Å². The molecule has 0 radical (unpaired) electrons. The molecule has 5 nitrogen and oxygen atoms in total. The molecule has 0 spiro atoms. The van der Waals surface area contributed by atoms with Crippen LogP contribution in [-0.4, -0.2) is 32.1 Å². The summed E-state index contributed by atoms with van der Waals surface area (Å²) in [5, 5.41) is 11.8. The van der Waals surface area contributed by atoms with E-state index in [4.69, 9.17) is 16.3 Å². The second kappa shape index (κ2) is 7.53. The number of fused-ring (bicyclic) bond motifs is 1. The van der Waals surface area contributed by atoms with Crippen molar-refractivity contribution in [1.82, 2.24) is 19.7 Å². The first-order valence-corrected chi connectivity index (χ1v) is 10.7. The molecule has 142 valence electrons. The Morgan fingerprint density at radius 1 is 1.11 bits per heavy atom. The number of para-hydroxylation sites is 2. The number of aromatic amines is 1. The first kappa shape index (κ1) is 17.6. The Balaban J connectivity index is 1.34. The summed E-state index contributed by atoms with van der Waals surface area (Å²) in [6.07, 6.45) is 4.39. The second-order valence-corrected chi connectivity index (χ2v) is 8.25. The fourth-order valence-corrected chi connectivity index (χ4v) is 4.34. The van der Waals surface area contributed by atoms with Crippen molar-refractivity contribution < 1.29 is 4.74 Å². The Morgan fingerprint density at radius 3 is 2.79 bits per heavy atom. The summed E-state index contributed by atoms with van der Waals surface area (Å²) < 4.78 is 8.08. The zero-order valence-electron chi connectivity index (χ0n) is 15.1. The average Bonchev–Trinajstić information content (AvgIpc) is 3.33. The normalized spacial score (nSPS) is 13.9. The van der Waals surface area contributed by atoms with Crippen LogP contribution in [-0.2, 0) is 0 Å². The molecule has 7 heteroatoms. The number of halogens is 1. The van der Waals surface area contributed by atoms with E-state index in [0.29, 0.717) is 23.4 Å². The Bertz CT molecular complexity index is 1120. The van der Waals surface area contributed by atoms with Crippen LogP contribution in [0.1, 0.15) is 18.9 Å². The molecule has 28 heavy (non-hydrogen) atoms. The van der Waals surface area contributed by atoms with Gasteiger partial charge < -0.3 is 9.72 Å². The zero-order chi connectivity index (χ0) is 18.9. The van der Waals surface area contributed by atoms with Gasteiger partial charge in [-0.2, -0.15) is 0 Å². The summed E-state index contributed by atoms with van der Waals surface area (Å²) in [6, 6.07) is 16.3. The van der Waals surface area contributed by atoms with E-state index in [1.54, 1.807) is 11.8 Å². The number of H-pyrrole nitrogens is 1. The van der Waals surface area contributed by atoms with E-state index in [1.807, 2.05) is 36.5 Å². The molecular weight excluding hydrogens is 392 g/mol. The Morgan fingerprint density at radius 2 is 1.93 bits per heavy atom. The number of hydrogen-bond acceptors (Lipinski definition) is 4. The minimum atomic E-state index is 0.491. The zero-order valence-corrected chi connectivity index (χ0v) is 16.7. The van der Waals surface area contributed by atoms with Crippen LogP contribution >= 0.6 is 23.4 Å². The standard InChI is InChI=1S/C21H19ClN4OS/c22-17-6-2-4-8-19(17)27-11-12-28-21-25-24-20(26(21)14-9-10-14)16-13-23-18-7-3-1-5-15(16)18/h1-8,13-14,23H,9-12H2. The monoisotopic (exact) mass is 410 g/mol. The van der Waals surface area contributed by atoms with Gasteiger partial charge in [0.1, 0.15) is 5.75 Å². The number of benzene rings is 2. The second-order valence-electron chi connectivity index (χ2n) is 6.78. The van der Waals surface area contributed by atoms with Gasteiger partial charge in [-0.05, 0) is 31.0 Å². The third kappa shape index (κ3) is 3.38. The van der Waals surface area contributed by atoms with Crippen LogP contribution in [0.5, 0.6) is 5.75 Å². The van der Waals surface area contributed by atoms with Gasteiger partial charge in [0.05, 0.1) is 11.6 Å². The molecule has 0 unspecified atom stereocenters. The average molecular weight is 411 g/mol. The van der Waals surface area contributed by atoms with Crippen molar-refractivity contribution in [2.75, 3.05) is 12.4 Å². The number of nitrogens with zero attached hydrogens (tertiary/aromatic N) is 3. The smallest absolute Gasteiger partial charge is 0.191 e. The fourth-order valence-electron chi connectivity index (χ4n) is 3.32. The maximum atomic E-state index is 6.14. The van der Waals surface area contributed by atoms with Gasteiger partial charge in [0.2, 0.25) is 0 Å². The lowest BCUT2D eigenvalue weighted by Gasteiger charge is -2.09. The van der Waals surface area contributed by atoms with Gasteiger partial charge in [-0.1, -0.05) is 53.7 Å². The summed E-state index contributed by atoms with van der Waals surface area (Å²) in [6.45, 7) is 0.564. The molecule has 1 saturated carbocycles. The van der Waals surface area contributed by atoms with E-state index in [9.17, 15) is 0 Å². The van der Waals surface area contributed by atoms with Gasteiger partial charge in [-0.3, -0.25) is 4.57 Å². The predicted molar refractivity (Wildman–Crippen MR) is 113 cm³/mol. The Kier molecular flexibility index (Phi) is 4.74. The van der Waals surface area contributed by atoms with Crippen molar-refractivity contribution >= 4 is 34.3 Å². The summed E-state index contributed by atoms with van der Waals surface area (Å²) in [5.41, 5.74) is 2.22. The van der Waals surface area contributed by atoms with Crippen molar-refractivity contribution in [2.24, 2.45) is 0 Å². The van der Waals surface area contributed by atoms with Crippen molar-refractivity contribution in [3.63, 3.8) is 0 Å². The largest absolute Gasteiger partial charge is 0.491 e. The number of nitrogens with one attached hydrogen (secondary N) is 1. The van der Waals surface area contributed by atoms with E-state index in [0.717, 1.165) is 27.8 Å². The molecule has 0 aliphatic heterocycles. The number of hydrogen-bond donors (Lipinski definition) is 1. The van der Waals surface area contributed by atoms with Crippen molar-refractivity contribution in [3.8, 4) is 17.1 Å². The molecule has 2 aromatic heterocycles. The molecule has 2 heterocycles. The predicted octanol–water partition coefficient (Wildman–Crippen LogP) is 5.59. The Hall–Kier alpha value is -2.44. The number of aromatic nitrogens is 4. The summed E-state index contributed by atoms with van der Waals surface area (Å²) in [4.78, 5) is 3.34. The molecule has 0 amide bonds. The van der Waals surface area contributed by atoms with Crippen LogP contribution in [0.3, 0.4) is 0 Å². The molecule has 2 aromatic carbocycles. The topological polar surface area (TPSA) is 55.7 Å². The molecule has 1 fully saturated rings. The summed E-state index contributed by atoms with van der Waals surface area (Å²) in [7, 11) is 0. The molecule has 0 atom stereocenters. The number of thioether (sulfide) groups is 1. The first-order chi connectivity index (χ1) is 13.8. The van der Waals surface area contributed by atoms with Crippen LogP contribution in [0.4, 0.5) is 0 Å². The lowest BCUT2D eigenvalue weighted by Crippen LogP contribution is -2.03. The third-order valence-corrected chi connectivity index (χ3v) is 6.04. The van der Waals surface area contributed by atoms with Crippen molar-refractivity contribution in [2.45, 2.75) is 24.0 Å². The highest BCUT2D eigenvalue weighted by Gasteiger charge is 2.30. The van der Waals surface area contributed by atoms with Gasteiger partial charge in [0, 0.05) is 34.5 Å². The van der Waals surface area contributed by atoms with Crippen molar-refractivity contribution in [1.29, 1.82) is 0 Å². The molecule has 1 aliphatic carbocycles. The molecule has 4 aromatic rings.